The molecule has 30 heavy (non-hydrogen) atoms. The SMILES string of the molecule is C=[N+](C)/C=C(\C=C/C)/C=C/c1cn[nH]c1C(=O)Nc1ccc(CN2CCCC2)cc1. The number of carbonyl (C=O) groups is 1. The number of carbonyl (C=O) groups excluding carboxylic acids is 1. The number of hydrogen-bond donors (Lipinski definition) is 2. The monoisotopic (exact) mass is 404 g/mol. The average Bonchev–Trinajstić information content (AvgIpc) is 3.39. The zero-order valence-electron chi connectivity index (χ0n) is 17.8. The quantitative estimate of drug-likeness (QED) is 0.396. The van der Waals surface area contributed by atoms with Gasteiger partial charge < -0.3 is 5.32 Å². The molecule has 2 aromatic rings. The molecule has 156 valence electrons. The van der Waals surface area contributed by atoms with Gasteiger partial charge in [-0.2, -0.15) is 5.10 Å². The van der Waals surface area contributed by atoms with Gasteiger partial charge >= 0.3 is 0 Å². The highest BCUT2D eigenvalue weighted by atomic mass is 16.1. The Morgan fingerprint density at radius 1 is 1.27 bits per heavy atom. The Morgan fingerprint density at radius 2 is 2.00 bits per heavy atom. The maximum atomic E-state index is 12.7. The number of H-pyrrole nitrogens is 1. The molecule has 1 amide bonds. The van der Waals surface area contributed by atoms with Crippen molar-refractivity contribution in [3.05, 3.63) is 77.3 Å². The number of benzene rings is 1. The number of hydrogen-bond acceptors (Lipinski definition) is 3. The third-order valence-electron chi connectivity index (χ3n) is 4.90. The summed E-state index contributed by atoms with van der Waals surface area (Å²) in [7, 11) is 1.87. The van der Waals surface area contributed by atoms with Gasteiger partial charge in [0.05, 0.1) is 6.20 Å². The summed E-state index contributed by atoms with van der Waals surface area (Å²) in [6.07, 6.45) is 13.8. The van der Waals surface area contributed by atoms with Crippen molar-refractivity contribution in [2.75, 3.05) is 25.5 Å². The number of aromatic nitrogens is 2. The first-order chi connectivity index (χ1) is 14.5. The van der Waals surface area contributed by atoms with Crippen LogP contribution >= 0.6 is 0 Å². The van der Waals surface area contributed by atoms with Crippen LogP contribution in [0.1, 0.15) is 41.4 Å². The van der Waals surface area contributed by atoms with Crippen molar-refractivity contribution in [1.82, 2.24) is 15.1 Å². The highest BCUT2D eigenvalue weighted by molar-refractivity contribution is 6.05. The first-order valence-electron chi connectivity index (χ1n) is 10.3. The Bertz CT molecular complexity index is 960. The Morgan fingerprint density at radius 3 is 2.67 bits per heavy atom. The van der Waals surface area contributed by atoms with Crippen LogP contribution in [0, 0.1) is 0 Å². The van der Waals surface area contributed by atoms with E-state index in [-0.39, 0.29) is 5.91 Å². The molecule has 1 aromatic carbocycles. The van der Waals surface area contributed by atoms with Crippen molar-refractivity contribution in [2.45, 2.75) is 26.3 Å². The minimum absolute atomic E-state index is 0.217. The van der Waals surface area contributed by atoms with Crippen LogP contribution in [-0.2, 0) is 6.54 Å². The summed E-state index contributed by atoms with van der Waals surface area (Å²) in [4.78, 5) is 15.2. The van der Waals surface area contributed by atoms with Crippen molar-refractivity contribution in [1.29, 1.82) is 0 Å². The van der Waals surface area contributed by atoms with Gasteiger partial charge in [-0.1, -0.05) is 30.4 Å². The molecule has 0 saturated carbocycles. The van der Waals surface area contributed by atoms with E-state index in [0.717, 1.165) is 23.4 Å². The van der Waals surface area contributed by atoms with E-state index in [2.05, 4.69) is 39.3 Å². The zero-order valence-corrected chi connectivity index (χ0v) is 17.8. The molecule has 1 aliphatic rings. The summed E-state index contributed by atoms with van der Waals surface area (Å²) >= 11 is 0. The van der Waals surface area contributed by atoms with E-state index in [1.807, 2.05) is 56.6 Å². The van der Waals surface area contributed by atoms with Crippen molar-refractivity contribution in [2.24, 2.45) is 0 Å². The van der Waals surface area contributed by atoms with Crippen LogP contribution in [-0.4, -0.2) is 52.4 Å². The molecule has 1 aliphatic heterocycles. The van der Waals surface area contributed by atoms with E-state index < -0.39 is 0 Å². The van der Waals surface area contributed by atoms with Gasteiger partial charge in [-0.15, -0.1) is 0 Å². The van der Waals surface area contributed by atoms with Crippen LogP contribution < -0.4 is 5.32 Å². The van der Waals surface area contributed by atoms with E-state index in [4.69, 9.17) is 0 Å². The van der Waals surface area contributed by atoms with Crippen molar-refractivity contribution in [3.63, 3.8) is 0 Å². The summed E-state index contributed by atoms with van der Waals surface area (Å²) in [5.74, 6) is -0.217. The van der Waals surface area contributed by atoms with Gasteiger partial charge in [-0.25, -0.2) is 4.58 Å². The molecule has 0 bridgehead atoms. The number of nitrogens with zero attached hydrogens (tertiary/aromatic N) is 3. The Balaban J connectivity index is 1.65. The Hall–Kier alpha value is -3.25. The van der Waals surface area contributed by atoms with Gasteiger partial charge in [0.2, 0.25) is 0 Å². The molecule has 0 unspecified atom stereocenters. The molecule has 6 heteroatoms. The molecule has 1 aromatic heterocycles. The summed E-state index contributed by atoms with van der Waals surface area (Å²) in [5.41, 5.74) is 4.15. The Kier molecular flexibility index (Phi) is 7.51. The van der Waals surface area contributed by atoms with E-state index in [1.54, 1.807) is 10.8 Å². The number of nitrogens with one attached hydrogen (secondary N) is 2. The number of rotatable bonds is 8. The standard InChI is InChI=1S/C24H29N5O/c1-4-7-19(17-28(2)3)8-11-21-16-25-27-23(21)24(30)26-22-12-9-20(10-13-22)18-29-14-5-6-15-29/h4,7-13,16-17H,2,5-6,14-15,18H2,1,3H3,(H-,25,26,27,30)/p+1/b7-4-,11-8+,19-17+. The summed E-state index contributed by atoms with van der Waals surface area (Å²) in [6.45, 7) is 9.10. The van der Waals surface area contributed by atoms with Crippen LogP contribution in [0.3, 0.4) is 0 Å². The maximum absolute atomic E-state index is 12.7. The molecule has 2 N–H and O–H groups in total. The molecule has 0 spiro atoms. The first-order valence-corrected chi connectivity index (χ1v) is 10.3. The molecule has 0 radical (unpaired) electrons. The molecule has 1 fully saturated rings. The third-order valence-corrected chi connectivity index (χ3v) is 4.90. The van der Waals surface area contributed by atoms with Gasteiger partial charge in [0.15, 0.2) is 6.20 Å². The fourth-order valence-electron chi connectivity index (χ4n) is 3.46. The number of allylic oxidation sites excluding steroid dienone is 4. The molecular weight excluding hydrogens is 374 g/mol. The molecule has 2 heterocycles. The van der Waals surface area contributed by atoms with Gasteiger partial charge in [0.25, 0.3) is 5.91 Å². The summed E-state index contributed by atoms with van der Waals surface area (Å²) in [6, 6.07) is 8.05. The first kappa shape index (κ1) is 21.5. The number of anilines is 1. The van der Waals surface area contributed by atoms with Crippen molar-refractivity contribution >= 4 is 24.4 Å². The van der Waals surface area contributed by atoms with Crippen LogP contribution in [0.15, 0.2) is 60.5 Å². The van der Waals surface area contributed by atoms with Gasteiger partial charge in [0, 0.05) is 23.4 Å². The number of likely N-dealkylation sites (tertiary alicyclic amines) is 1. The molecule has 3 rings (SSSR count). The smallest absolute Gasteiger partial charge is 0.274 e. The average molecular weight is 405 g/mol. The highest BCUT2D eigenvalue weighted by Crippen LogP contribution is 2.17. The van der Waals surface area contributed by atoms with Crippen LogP contribution in [0.25, 0.3) is 6.08 Å². The molecule has 0 aliphatic carbocycles. The van der Waals surface area contributed by atoms with Crippen LogP contribution in [0.2, 0.25) is 0 Å². The molecule has 1 saturated heterocycles. The molecule has 6 nitrogen and oxygen atoms in total. The molecule has 0 atom stereocenters. The number of aromatic amines is 1. The van der Waals surface area contributed by atoms with E-state index in [0.29, 0.717) is 5.69 Å². The zero-order chi connectivity index (χ0) is 21.3. The normalized spacial score (nSPS) is 15.3. The topological polar surface area (TPSA) is 64.0 Å². The third kappa shape index (κ3) is 6.12. The minimum atomic E-state index is -0.217. The maximum Gasteiger partial charge on any atom is 0.274 e. The lowest BCUT2D eigenvalue weighted by molar-refractivity contribution is -0.412. The van der Waals surface area contributed by atoms with E-state index in [1.165, 1.54) is 31.5 Å². The van der Waals surface area contributed by atoms with Gasteiger partial charge in [0.1, 0.15) is 19.5 Å². The van der Waals surface area contributed by atoms with Crippen LogP contribution in [0.4, 0.5) is 5.69 Å². The van der Waals surface area contributed by atoms with Gasteiger partial charge in [-0.05, 0) is 56.6 Å². The summed E-state index contributed by atoms with van der Waals surface area (Å²) < 4.78 is 1.73. The predicted molar refractivity (Wildman–Crippen MR) is 123 cm³/mol. The lowest BCUT2D eigenvalue weighted by Gasteiger charge is -2.14. The Labute approximate surface area is 178 Å². The van der Waals surface area contributed by atoms with E-state index in [9.17, 15) is 4.79 Å². The predicted octanol–water partition coefficient (Wildman–Crippen LogP) is 4.07. The van der Waals surface area contributed by atoms with E-state index >= 15 is 0 Å². The fraction of sp³-hybridized carbons (Fsp3) is 0.292. The van der Waals surface area contributed by atoms with Gasteiger partial charge in [-0.3, -0.25) is 14.8 Å². The fourth-order valence-corrected chi connectivity index (χ4v) is 3.46. The second-order valence-electron chi connectivity index (χ2n) is 7.55. The molecular formula is C24H30N5O+. The summed E-state index contributed by atoms with van der Waals surface area (Å²) in [5, 5.41) is 9.79. The largest absolute Gasteiger partial charge is 0.321 e. The highest BCUT2D eigenvalue weighted by Gasteiger charge is 2.14. The second-order valence-corrected chi connectivity index (χ2v) is 7.55. The second kappa shape index (κ2) is 10.5. The lowest BCUT2D eigenvalue weighted by atomic mass is 10.1. The van der Waals surface area contributed by atoms with Crippen LogP contribution in [0.5, 0.6) is 0 Å². The number of amides is 1. The van der Waals surface area contributed by atoms with Crippen molar-refractivity contribution in [3.8, 4) is 0 Å². The van der Waals surface area contributed by atoms with Crippen molar-refractivity contribution < 1.29 is 9.37 Å². The lowest BCUT2D eigenvalue weighted by Crippen LogP contribution is -2.18. The minimum Gasteiger partial charge on any atom is -0.321 e.